The number of methoxy groups -OCH3 is 1. The zero-order valence-electron chi connectivity index (χ0n) is 7.57. The highest BCUT2D eigenvalue weighted by atomic mass is 16.5. The number of ether oxygens (including phenoxy) is 2. The van der Waals surface area contributed by atoms with E-state index in [1.54, 1.807) is 6.92 Å². The topological polar surface area (TPSA) is 72.8 Å². The second-order valence-corrected chi connectivity index (χ2v) is 2.17. The quantitative estimate of drug-likeness (QED) is 0.481. The van der Waals surface area contributed by atoms with Crippen molar-refractivity contribution in [3.8, 4) is 0 Å². The predicted molar refractivity (Wildman–Crippen MR) is 43.8 cm³/mol. The lowest BCUT2D eigenvalue weighted by molar-refractivity contribution is -0.153. The summed E-state index contributed by atoms with van der Waals surface area (Å²) in [4.78, 5) is 21.6. The van der Waals surface area contributed by atoms with Crippen molar-refractivity contribution in [3.05, 3.63) is 12.2 Å². The molecular weight excluding hydrogens is 176 g/mol. The summed E-state index contributed by atoms with van der Waals surface area (Å²) in [5.41, 5.74) is -0.332. The van der Waals surface area contributed by atoms with Gasteiger partial charge >= 0.3 is 11.9 Å². The highest BCUT2D eigenvalue weighted by Gasteiger charge is 2.25. The van der Waals surface area contributed by atoms with Gasteiger partial charge in [-0.1, -0.05) is 6.58 Å². The Bertz CT molecular complexity index is 221. The fourth-order valence-electron chi connectivity index (χ4n) is 0.606. The molecule has 0 saturated carbocycles. The van der Waals surface area contributed by atoms with Crippen molar-refractivity contribution in [2.45, 2.75) is 13.0 Å². The van der Waals surface area contributed by atoms with Gasteiger partial charge in [-0.15, -0.1) is 0 Å². The second-order valence-electron chi connectivity index (χ2n) is 2.17. The minimum Gasteiger partial charge on any atom is -0.466 e. The molecule has 0 heterocycles. The van der Waals surface area contributed by atoms with Crippen LogP contribution < -0.4 is 0 Å². The molecule has 0 rings (SSSR count). The van der Waals surface area contributed by atoms with E-state index in [9.17, 15) is 9.59 Å². The van der Waals surface area contributed by atoms with Crippen molar-refractivity contribution in [2.75, 3.05) is 13.7 Å². The van der Waals surface area contributed by atoms with Crippen LogP contribution in [0.1, 0.15) is 6.92 Å². The lowest BCUT2D eigenvalue weighted by atomic mass is 10.2. The molecule has 5 heteroatoms. The van der Waals surface area contributed by atoms with E-state index >= 15 is 0 Å². The first-order valence-corrected chi connectivity index (χ1v) is 3.66. The molecule has 0 fully saturated rings. The van der Waals surface area contributed by atoms with Crippen molar-refractivity contribution in [1.29, 1.82) is 0 Å². The smallest absolute Gasteiger partial charge is 0.339 e. The number of hydrogen-bond acceptors (Lipinski definition) is 5. The van der Waals surface area contributed by atoms with E-state index in [-0.39, 0.29) is 12.2 Å². The first-order chi connectivity index (χ1) is 6.04. The summed E-state index contributed by atoms with van der Waals surface area (Å²) < 4.78 is 8.72. The summed E-state index contributed by atoms with van der Waals surface area (Å²) in [6.45, 7) is 4.92. The maximum atomic E-state index is 10.9. The van der Waals surface area contributed by atoms with E-state index < -0.39 is 18.0 Å². The third kappa shape index (κ3) is 3.25. The summed E-state index contributed by atoms with van der Waals surface area (Å²) in [5, 5.41) is 9.14. The molecule has 0 bridgehead atoms. The van der Waals surface area contributed by atoms with Gasteiger partial charge in [-0.25, -0.2) is 9.59 Å². The fraction of sp³-hybridized carbons (Fsp3) is 0.500. The molecule has 0 radical (unpaired) electrons. The Morgan fingerprint density at radius 3 is 2.46 bits per heavy atom. The third-order valence-corrected chi connectivity index (χ3v) is 1.29. The maximum absolute atomic E-state index is 10.9. The molecule has 0 spiro atoms. The highest BCUT2D eigenvalue weighted by molar-refractivity contribution is 5.96. The van der Waals surface area contributed by atoms with Crippen LogP contribution in [0.3, 0.4) is 0 Å². The molecule has 13 heavy (non-hydrogen) atoms. The van der Waals surface area contributed by atoms with Gasteiger partial charge < -0.3 is 14.6 Å². The number of aliphatic hydroxyl groups is 1. The molecule has 0 aromatic rings. The van der Waals surface area contributed by atoms with Crippen LogP contribution in [0.15, 0.2) is 12.2 Å². The molecule has 0 aromatic heterocycles. The molecule has 5 nitrogen and oxygen atoms in total. The predicted octanol–water partition coefficient (Wildman–Crippen LogP) is -0.360. The summed E-state index contributed by atoms with van der Waals surface area (Å²) in [6.07, 6.45) is -1.65. The number of hydrogen-bond donors (Lipinski definition) is 1. The van der Waals surface area contributed by atoms with Gasteiger partial charge in [-0.05, 0) is 6.92 Å². The molecule has 0 saturated heterocycles. The Balaban J connectivity index is 4.25. The SMILES string of the molecule is C=C(C(=O)OC)C(O)C(=O)OCC. The minimum atomic E-state index is -1.65. The molecule has 1 unspecified atom stereocenters. The molecule has 0 aliphatic rings. The first-order valence-electron chi connectivity index (χ1n) is 3.66. The Kier molecular flexibility index (Phi) is 4.76. The largest absolute Gasteiger partial charge is 0.466 e. The van der Waals surface area contributed by atoms with Gasteiger partial charge in [0.25, 0.3) is 0 Å². The van der Waals surface area contributed by atoms with Gasteiger partial charge in [0.15, 0.2) is 6.10 Å². The summed E-state index contributed by atoms with van der Waals surface area (Å²) in [7, 11) is 1.13. The molecule has 74 valence electrons. The van der Waals surface area contributed by atoms with Crippen molar-refractivity contribution >= 4 is 11.9 Å². The Morgan fingerprint density at radius 2 is 2.08 bits per heavy atom. The molecule has 0 aliphatic heterocycles. The Hall–Kier alpha value is -1.36. The van der Waals surface area contributed by atoms with Crippen molar-refractivity contribution in [3.63, 3.8) is 0 Å². The van der Waals surface area contributed by atoms with Gasteiger partial charge in [0.1, 0.15) is 0 Å². The summed E-state index contributed by atoms with van der Waals surface area (Å²) in [6, 6.07) is 0. The number of esters is 2. The van der Waals surface area contributed by atoms with Crippen LogP contribution in [0.4, 0.5) is 0 Å². The Morgan fingerprint density at radius 1 is 1.54 bits per heavy atom. The lowest BCUT2D eigenvalue weighted by Crippen LogP contribution is -2.28. The first kappa shape index (κ1) is 11.6. The number of aliphatic hydroxyl groups excluding tert-OH is 1. The number of carbonyl (C=O) groups is 2. The number of rotatable bonds is 4. The molecule has 1 atom stereocenters. The van der Waals surface area contributed by atoms with Crippen LogP contribution >= 0.6 is 0 Å². The fourth-order valence-corrected chi connectivity index (χ4v) is 0.606. The zero-order valence-corrected chi connectivity index (χ0v) is 7.57. The lowest BCUT2D eigenvalue weighted by Gasteiger charge is -2.09. The van der Waals surface area contributed by atoms with Crippen molar-refractivity contribution in [1.82, 2.24) is 0 Å². The van der Waals surface area contributed by atoms with E-state index in [0.717, 1.165) is 7.11 Å². The summed E-state index contributed by atoms with van der Waals surface area (Å²) >= 11 is 0. The van der Waals surface area contributed by atoms with Crippen LogP contribution in [0.2, 0.25) is 0 Å². The van der Waals surface area contributed by atoms with Crippen LogP contribution in [-0.2, 0) is 19.1 Å². The minimum absolute atomic E-state index is 0.129. The van der Waals surface area contributed by atoms with Crippen molar-refractivity contribution < 1.29 is 24.2 Å². The average molecular weight is 188 g/mol. The van der Waals surface area contributed by atoms with Gasteiger partial charge in [-0.3, -0.25) is 0 Å². The van der Waals surface area contributed by atoms with Gasteiger partial charge in [0, 0.05) is 0 Å². The molecule has 0 aromatic carbocycles. The van der Waals surface area contributed by atoms with E-state index in [1.165, 1.54) is 0 Å². The van der Waals surface area contributed by atoms with Gasteiger partial charge in [-0.2, -0.15) is 0 Å². The zero-order chi connectivity index (χ0) is 10.4. The molecule has 0 aliphatic carbocycles. The average Bonchev–Trinajstić information content (AvgIpc) is 2.14. The monoisotopic (exact) mass is 188 g/mol. The standard InChI is InChI=1S/C8H12O5/c1-4-13-8(11)6(9)5(2)7(10)12-3/h6,9H,2,4H2,1,3H3. The van der Waals surface area contributed by atoms with Crippen LogP contribution in [0.25, 0.3) is 0 Å². The second kappa shape index (κ2) is 5.31. The third-order valence-electron chi connectivity index (χ3n) is 1.29. The summed E-state index contributed by atoms with van der Waals surface area (Å²) in [5.74, 6) is -1.74. The van der Waals surface area contributed by atoms with E-state index in [1.807, 2.05) is 0 Å². The van der Waals surface area contributed by atoms with Crippen LogP contribution in [0, 0.1) is 0 Å². The van der Waals surface area contributed by atoms with E-state index in [0.29, 0.717) is 0 Å². The van der Waals surface area contributed by atoms with Crippen LogP contribution in [0.5, 0.6) is 0 Å². The molecular formula is C8H12O5. The normalized spacial score (nSPS) is 11.6. The van der Waals surface area contributed by atoms with Gasteiger partial charge in [0.05, 0.1) is 19.3 Å². The van der Waals surface area contributed by atoms with Gasteiger partial charge in [0.2, 0.25) is 0 Å². The van der Waals surface area contributed by atoms with Crippen LogP contribution in [-0.4, -0.2) is 36.9 Å². The maximum Gasteiger partial charge on any atom is 0.339 e. The number of carbonyl (C=O) groups excluding carboxylic acids is 2. The Labute approximate surface area is 75.9 Å². The molecule has 0 amide bonds. The van der Waals surface area contributed by atoms with E-state index in [4.69, 9.17) is 5.11 Å². The highest BCUT2D eigenvalue weighted by Crippen LogP contribution is 2.03. The molecule has 1 N–H and O–H groups in total. The van der Waals surface area contributed by atoms with Crippen molar-refractivity contribution in [2.24, 2.45) is 0 Å². The van der Waals surface area contributed by atoms with E-state index in [2.05, 4.69) is 16.1 Å².